The van der Waals surface area contributed by atoms with E-state index >= 15 is 0 Å². The molecule has 0 aliphatic rings. The third kappa shape index (κ3) is 4.86. The number of aromatic nitrogens is 1. The molecule has 7 nitrogen and oxygen atoms in total. The molecule has 0 fully saturated rings. The zero-order valence-electron chi connectivity index (χ0n) is 14.8. The predicted molar refractivity (Wildman–Crippen MR) is 106 cm³/mol. The Kier molecular flexibility index (Phi) is 5.60. The highest BCUT2D eigenvalue weighted by molar-refractivity contribution is 7.92. The van der Waals surface area contributed by atoms with Gasteiger partial charge in [0, 0.05) is 24.5 Å². The van der Waals surface area contributed by atoms with Crippen LogP contribution in [0.25, 0.3) is 11.1 Å². The van der Waals surface area contributed by atoms with E-state index in [4.69, 9.17) is 5.11 Å². The van der Waals surface area contributed by atoms with Gasteiger partial charge in [0.25, 0.3) is 0 Å². The van der Waals surface area contributed by atoms with E-state index in [0.29, 0.717) is 12.2 Å². The van der Waals surface area contributed by atoms with Gasteiger partial charge in [0.1, 0.15) is 0 Å². The number of benzene rings is 2. The summed E-state index contributed by atoms with van der Waals surface area (Å²) in [7, 11) is -3.84. The third-order valence-corrected chi connectivity index (χ3v) is 5.68. The lowest BCUT2D eigenvalue weighted by molar-refractivity contribution is -0.134. The Labute approximate surface area is 161 Å². The van der Waals surface area contributed by atoms with Gasteiger partial charge in [-0.05, 0) is 53.1 Å². The average molecular weight is 398 g/mol. The molecule has 3 aromatic rings. The first kappa shape index (κ1) is 19.4. The summed E-state index contributed by atoms with van der Waals surface area (Å²) in [6.07, 6.45) is 1.60. The number of aliphatic carboxylic acids is 1. The van der Waals surface area contributed by atoms with Crippen LogP contribution >= 0.6 is 0 Å². The molecule has 28 heavy (non-hydrogen) atoms. The quantitative estimate of drug-likeness (QED) is 0.563. The summed E-state index contributed by atoms with van der Waals surface area (Å²) < 4.78 is 23.8. The van der Waals surface area contributed by atoms with Gasteiger partial charge >= 0.3 is 5.97 Å². The smallest absolute Gasteiger partial charge is 0.319 e. The maximum Gasteiger partial charge on any atom is 0.319 e. The van der Waals surface area contributed by atoms with Crippen LogP contribution in [0.15, 0.2) is 76.6 Å². The van der Waals surface area contributed by atoms with Gasteiger partial charge in [0.05, 0.1) is 4.90 Å². The zero-order chi connectivity index (χ0) is 20.1. The van der Waals surface area contributed by atoms with Gasteiger partial charge in [-0.3, -0.25) is 9.59 Å². The van der Waals surface area contributed by atoms with Crippen molar-refractivity contribution < 1.29 is 18.3 Å². The molecule has 0 atom stereocenters. The first-order valence-electron chi connectivity index (χ1n) is 8.40. The van der Waals surface area contributed by atoms with Crippen molar-refractivity contribution in [1.29, 1.82) is 0 Å². The van der Waals surface area contributed by atoms with Crippen LogP contribution in [0.1, 0.15) is 5.56 Å². The SMILES string of the molecule is O=C(O)CS(=O)(=O)c1ccc(NCc2cccc(-c3cc[nH]c(=O)c3)c2)cc1. The predicted octanol–water partition coefficient (Wildman–Crippen LogP) is 2.51. The number of H-pyrrole nitrogens is 1. The number of carboxylic acids is 1. The largest absolute Gasteiger partial charge is 0.480 e. The van der Waals surface area contributed by atoms with Gasteiger partial charge in [-0.2, -0.15) is 0 Å². The van der Waals surface area contributed by atoms with E-state index in [1.54, 1.807) is 18.3 Å². The Bertz CT molecular complexity index is 1150. The number of carbonyl (C=O) groups is 1. The van der Waals surface area contributed by atoms with E-state index in [0.717, 1.165) is 16.7 Å². The molecule has 3 rings (SSSR count). The zero-order valence-corrected chi connectivity index (χ0v) is 15.6. The fraction of sp³-hybridized carbons (Fsp3) is 0.100. The second kappa shape index (κ2) is 8.10. The summed E-state index contributed by atoms with van der Waals surface area (Å²) in [4.78, 5) is 24.7. The molecule has 3 N–H and O–H groups in total. The number of aromatic amines is 1. The lowest BCUT2D eigenvalue weighted by Gasteiger charge is -2.09. The van der Waals surface area contributed by atoms with Crippen molar-refractivity contribution >= 4 is 21.5 Å². The maximum atomic E-state index is 11.9. The standard InChI is InChI=1S/C20H18N2O5S/c23-19-11-16(8-9-21-19)15-3-1-2-14(10-15)12-22-17-4-6-18(7-5-17)28(26,27)13-20(24)25/h1-11,22H,12-13H2,(H,21,23)(H,24,25). The number of hydrogen-bond acceptors (Lipinski definition) is 5. The number of rotatable bonds is 7. The minimum Gasteiger partial charge on any atom is -0.480 e. The number of nitrogens with one attached hydrogen (secondary N) is 2. The van der Waals surface area contributed by atoms with Gasteiger partial charge < -0.3 is 15.4 Å². The molecule has 1 heterocycles. The van der Waals surface area contributed by atoms with E-state index in [-0.39, 0.29) is 10.5 Å². The van der Waals surface area contributed by atoms with Crippen LogP contribution in [0.3, 0.4) is 0 Å². The van der Waals surface area contributed by atoms with Crippen LogP contribution in [-0.4, -0.2) is 30.2 Å². The summed E-state index contributed by atoms with van der Waals surface area (Å²) in [6, 6.07) is 17.0. The van der Waals surface area contributed by atoms with Gasteiger partial charge in [0.15, 0.2) is 15.6 Å². The van der Waals surface area contributed by atoms with Crippen molar-refractivity contribution in [1.82, 2.24) is 4.98 Å². The molecule has 0 spiro atoms. The highest BCUT2D eigenvalue weighted by Crippen LogP contribution is 2.20. The Morgan fingerprint density at radius 2 is 1.71 bits per heavy atom. The lowest BCUT2D eigenvalue weighted by atomic mass is 10.0. The van der Waals surface area contributed by atoms with E-state index in [1.807, 2.05) is 30.3 Å². The summed E-state index contributed by atoms with van der Waals surface area (Å²) in [5.74, 6) is -2.32. The summed E-state index contributed by atoms with van der Waals surface area (Å²) in [6.45, 7) is 0.498. The molecule has 0 saturated heterocycles. The molecule has 0 bridgehead atoms. The van der Waals surface area contributed by atoms with Gasteiger partial charge in [0.2, 0.25) is 5.56 Å². The maximum absolute atomic E-state index is 11.9. The number of anilines is 1. The highest BCUT2D eigenvalue weighted by atomic mass is 32.2. The number of pyridine rings is 1. The molecule has 0 radical (unpaired) electrons. The number of sulfone groups is 1. The number of hydrogen-bond donors (Lipinski definition) is 3. The van der Waals surface area contributed by atoms with E-state index in [9.17, 15) is 18.0 Å². The van der Waals surface area contributed by atoms with Crippen LogP contribution in [-0.2, 0) is 21.2 Å². The summed E-state index contributed by atoms with van der Waals surface area (Å²) in [5.41, 5.74) is 3.26. The van der Waals surface area contributed by atoms with Crippen LogP contribution in [0.2, 0.25) is 0 Å². The van der Waals surface area contributed by atoms with Crippen LogP contribution in [0.5, 0.6) is 0 Å². The first-order chi connectivity index (χ1) is 13.3. The van der Waals surface area contributed by atoms with Crippen molar-refractivity contribution in [3.8, 4) is 11.1 Å². The molecule has 8 heteroatoms. The fourth-order valence-electron chi connectivity index (χ4n) is 2.72. The lowest BCUT2D eigenvalue weighted by Crippen LogP contribution is -2.15. The minimum atomic E-state index is -3.84. The Morgan fingerprint density at radius 1 is 1.00 bits per heavy atom. The van der Waals surface area contributed by atoms with Crippen LogP contribution < -0.4 is 10.9 Å². The van der Waals surface area contributed by atoms with E-state index in [2.05, 4.69) is 10.3 Å². The van der Waals surface area contributed by atoms with Crippen molar-refractivity contribution in [3.63, 3.8) is 0 Å². The van der Waals surface area contributed by atoms with Crippen molar-refractivity contribution in [2.75, 3.05) is 11.1 Å². The van der Waals surface area contributed by atoms with Gasteiger partial charge in [-0.25, -0.2) is 8.42 Å². The van der Waals surface area contributed by atoms with Gasteiger partial charge in [-0.15, -0.1) is 0 Å². The van der Waals surface area contributed by atoms with E-state index < -0.39 is 21.6 Å². The average Bonchev–Trinajstić information content (AvgIpc) is 2.66. The molecular formula is C20H18N2O5S. The van der Waals surface area contributed by atoms with Crippen molar-refractivity contribution in [2.45, 2.75) is 11.4 Å². The Hall–Kier alpha value is -3.39. The van der Waals surface area contributed by atoms with Gasteiger partial charge in [-0.1, -0.05) is 18.2 Å². The molecule has 2 aromatic carbocycles. The normalized spacial score (nSPS) is 11.1. The summed E-state index contributed by atoms with van der Waals surface area (Å²) in [5, 5.41) is 11.9. The Morgan fingerprint density at radius 3 is 2.39 bits per heavy atom. The van der Waals surface area contributed by atoms with Crippen molar-refractivity contribution in [2.24, 2.45) is 0 Å². The number of carboxylic acid groups (broad SMARTS) is 1. The fourth-order valence-corrected chi connectivity index (χ4v) is 3.76. The second-order valence-electron chi connectivity index (χ2n) is 6.17. The molecule has 0 saturated carbocycles. The first-order valence-corrected chi connectivity index (χ1v) is 10.1. The van der Waals surface area contributed by atoms with Crippen LogP contribution in [0.4, 0.5) is 5.69 Å². The highest BCUT2D eigenvalue weighted by Gasteiger charge is 2.18. The molecule has 1 aromatic heterocycles. The van der Waals surface area contributed by atoms with E-state index in [1.165, 1.54) is 18.2 Å². The molecule has 0 aliphatic carbocycles. The minimum absolute atomic E-state index is 0.0308. The van der Waals surface area contributed by atoms with Crippen LogP contribution in [0, 0.1) is 0 Å². The second-order valence-corrected chi connectivity index (χ2v) is 8.16. The Balaban J connectivity index is 1.70. The molecule has 0 amide bonds. The monoisotopic (exact) mass is 398 g/mol. The van der Waals surface area contributed by atoms with Crippen molar-refractivity contribution in [3.05, 3.63) is 82.8 Å². The molecule has 0 aliphatic heterocycles. The summed E-state index contributed by atoms with van der Waals surface area (Å²) >= 11 is 0. The molecule has 144 valence electrons. The topological polar surface area (TPSA) is 116 Å². The molecule has 0 unspecified atom stereocenters. The third-order valence-electron chi connectivity index (χ3n) is 4.06. The molecular weight excluding hydrogens is 380 g/mol.